The molecule has 1 unspecified atom stereocenters. The van der Waals surface area contributed by atoms with E-state index in [0.29, 0.717) is 29.8 Å². The van der Waals surface area contributed by atoms with Crippen LogP contribution in [0.2, 0.25) is 0 Å². The number of carbonyl (C=O) groups excluding carboxylic acids is 2. The fourth-order valence-electron chi connectivity index (χ4n) is 5.23. The fraction of sp³-hybridized carbons (Fsp3) is 0.235. The van der Waals surface area contributed by atoms with Gasteiger partial charge in [-0.25, -0.2) is 23.0 Å². The fourth-order valence-corrected chi connectivity index (χ4v) is 7.10. The number of fused-ring (bicyclic) bond motifs is 1. The van der Waals surface area contributed by atoms with Crippen LogP contribution in [0.4, 0.5) is 21.9 Å². The normalized spacial score (nSPS) is 14.5. The second-order valence-electron chi connectivity index (χ2n) is 11.3. The van der Waals surface area contributed by atoms with Crippen molar-refractivity contribution in [2.45, 2.75) is 56.5 Å². The van der Waals surface area contributed by atoms with Crippen molar-refractivity contribution in [3.05, 3.63) is 113 Å². The zero-order valence-corrected chi connectivity index (χ0v) is 28.1. The summed E-state index contributed by atoms with van der Waals surface area (Å²) in [7, 11) is -8.18. The Morgan fingerprint density at radius 3 is 1.96 bits per heavy atom. The highest BCUT2D eigenvalue weighted by molar-refractivity contribution is 7.90. The van der Waals surface area contributed by atoms with Crippen LogP contribution in [-0.4, -0.2) is 41.4 Å². The second kappa shape index (κ2) is 13.6. The first-order valence-electron chi connectivity index (χ1n) is 15.0. The third-order valence-electron chi connectivity index (χ3n) is 7.77. The Labute approximate surface area is 275 Å². The van der Waals surface area contributed by atoms with Gasteiger partial charge >= 0.3 is 16.1 Å². The standard InChI is InChI=1S/C34H36N4O7S2/c1-5-33-37(28-13-10-26(11-14-28)20-21-35-34(40)36-46(41,42)29-15-6-23(2)7-16-29)32-22-27(25(4)39)12-19-31(32)38(33)45-47(43,44)30-17-8-24(3)9-18-30/h6-19,22,33H,5,20-21H2,1-4H3,(H2,35,36,40). The van der Waals surface area contributed by atoms with Gasteiger partial charge in [-0.2, -0.15) is 8.42 Å². The van der Waals surface area contributed by atoms with E-state index in [4.69, 9.17) is 4.28 Å². The van der Waals surface area contributed by atoms with Crippen LogP contribution < -0.4 is 20.0 Å². The van der Waals surface area contributed by atoms with Crippen molar-refractivity contribution in [1.29, 1.82) is 0 Å². The van der Waals surface area contributed by atoms with Gasteiger partial charge in [0.2, 0.25) is 0 Å². The molecule has 2 N–H and O–H groups in total. The summed E-state index contributed by atoms with van der Waals surface area (Å²) in [5.74, 6) is -0.133. The lowest BCUT2D eigenvalue weighted by Gasteiger charge is -2.31. The molecule has 1 aliphatic rings. The Morgan fingerprint density at radius 1 is 0.787 bits per heavy atom. The van der Waals surface area contributed by atoms with Gasteiger partial charge in [0.15, 0.2) is 5.78 Å². The Balaban J connectivity index is 1.32. The van der Waals surface area contributed by atoms with Crippen LogP contribution in [0.1, 0.15) is 47.3 Å². The number of hydroxylamine groups is 1. The molecule has 5 rings (SSSR count). The molecule has 0 radical (unpaired) electrons. The van der Waals surface area contributed by atoms with Crippen molar-refractivity contribution < 1.29 is 30.7 Å². The number of hydrogen-bond donors (Lipinski definition) is 2. The first-order valence-corrected chi connectivity index (χ1v) is 17.9. The van der Waals surface area contributed by atoms with E-state index >= 15 is 0 Å². The van der Waals surface area contributed by atoms with Crippen LogP contribution in [0.3, 0.4) is 0 Å². The number of sulfonamides is 1. The number of Topliss-reactive ketones (excluding diaryl/α,β-unsaturated/α-hetero) is 1. The third kappa shape index (κ3) is 7.48. The Hall–Kier alpha value is -4.72. The quantitative estimate of drug-likeness (QED) is 0.190. The van der Waals surface area contributed by atoms with E-state index in [9.17, 15) is 26.4 Å². The van der Waals surface area contributed by atoms with Gasteiger partial charge in [-0.05, 0) is 93.8 Å². The monoisotopic (exact) mass is 676 g/mol. The zero-order valence-electron chi connectivity index (χ0n) is 26.4. The van der Waals surface area contributed by atoms with E-state index in [2.05, 4.69) is 5.32 Å². The number of rotatable bonds is 11. The summed E-state index contributed by atoms with van der Waals surface area (Å²) >= 11 is 0. The molecular formula is C34H36N4O7S2. The molecule has 0 spiro atoms. The van der Waals surface area contributed by atoms with Gasteiger partial charge in [0.25, 0.3) is 10.0 Å². The van der Waals surface area contributed by atoms with Gasteiger partial charge in [-0.3, -0.25) is 4.79 Å². The van der Waals surface area contributed by atoms with E-state index in [1.54, 1.807) is 42.5 Å². The van der Waals surface area contributed by atoms with Gasteiger partial charge in [-0.1, -0.05) is 54.4 Å². The molecule has 1 heterocycles. The average molecular weight is 677 g/mol. The summed E-state index contributed by atoms with van der Waals surface area (Å²) in [4.78, 5) is 26.6. The molecule has 1 aliphatic heterocycles. The number of nitrogens with one attached hydrogen (secondary N) is 2. The van der Waals surface area contributed by atoms with Crippen LogP contribution >= 0.6 is 0 Å². The molecule has 47 heavy (non-hydrogen) atoms. The van der Waals surface area contributed by atoms with E-state index in [0.717, 1.165) is 22.4 Å². The molecule has 0 fully saturated rings. The van der Waals surface area contributed by atoms with E-state index in [1.807, 2.05) is 54.7 Å². The predicted molar refractivity (Wildman–Crippen MR) is 180 cm³/mol. The second-order valence-corrected chi connectivity index (χ2v) is 14.5. The maximum Gasteiger partial charge on any atom is 0.328 e. The van der Waals surface area contributed by atoms with Crippen LogP contribution in [0.15, 0.2) is 101 Å². The molecule has 246 valence electrons. The van der Waals surface area contributed by atoms with Crippen molar-refractivity contribution in [2.75, 3.05) is 16.5 Å². The molecule has 0 aliphatic carbocycles. The summed E-state index contributed by atoms with van der Waals surface area (Å²) in [6.45, 7) is 7.26. The molecule has 0 bridgehead atoms. The largest absolute Gasteiger partial charge is 0.337 e. The summed E-state index contributed by atoms with van der Waals surface area (Å²) < 4.78 is 59.4. The van der Waals surface area contributed by atoms with Crippen LogP contribution in [-0.2, 0) is 30.8 Å². The number of nitrogens with zero attached hydrogens (tertiary/aromatic N) is 2. The lowest BCUT2D eigenvalue weighted by atomic mass is 10.1. The molecule has 4 aromatic rings. The molecule has 13 heteroatoms. The maximum absolute atomic E-state index is 13.3. The van der Waals surface area contributed by atoms with Gasteiger partial charge in [0.1, 0.15) is 6.17 Å². The SMILES string of the molecule is CCC1N(OS(=O)(=O)c2ccc(C)cc2)c2ccc(C(C)=O)cc2N1c1ccc(CCNC(=O)NS(=O)(=O)c2ccc(C)cc2)cc1. The van der Waals surface area contributed by atoms with Gasteiger partial charge in [0.05, 0.1) is 21.2 Å². The number of anilines is 3. The number of urea groups is 1. The Bertz CT molecular complexity index is 2000. The third-order valence-corrected chi connectivity index (χ3v) is 10.3. The summed E-state index contributed by atoms with van der Waals surface area (Å²) in [6.07, 6.45) is 0.337. The molecular weight excluding hydrogens is 641 g/mol. The van der Waals surface area contributed by atoms with Crippen molar-refractivity contribution in [3.8, 4) is 0 Å². The Morgan fingerprint density at radius 2 is 1.38 bits per heavy atom. The summed E-state index contributed by atoms with van der Waals surface area (Å²) in [5.41, 5.74) is 5.00. The predicted octanol–water partition coefficient (Wildman–Crippen LogP) is 5.75. The molecule has 1 atom stereocenters. The number of ketones is 1. The smallest absolute Gasteiger partial charge is 0.328 e. The molecule has 4 aromatic carbocycles. The minimum absolute atomic E-state index is 0.00477. The Kier molecular flexibility index (Phi) is 9.70. The number of amides is 2. The lowest BCUT2D eigenvalue weighted by molar-refractivity contribution is 0.101. The van der Waals surface area contributed by atoms with Crippen LogP contribution in [0, 0.1) is 13.8 Å². The minimum atomic E-state index is -4.18. The highest BCUT2D eigenvalue weighted by Crippen LogP contribution is 2.46. The van der Waals surface area contributed by atoms with Crippen molar-refractivity contribution in [3.63, 3.8) is 0 Å². The zero-order chi connectivity index (χ0) is 33.9. The lowest BCUT2D eigenvalue weighted by Crippen LogP contribution is -2.41. The van der Waals surface area contributed by atoms with Gasteiger partial charge < -0.3 is 10.2 Å². The minimum Gasteiger partial charge on any atom is -0.337 e. The summed E-state index contributed by atoms with van der Waals surface area (Å²) in [5, 5.41) is 3.95. The topological polar surface area (TPSA) is 142 Å². The molecule has 0 aromatic heterocycles. The first-order chi connectivity index (χ1) is 22.3. The highest BCUT2D eigenvalue weighted by Gasteiger charge is 2.40. The van der Waals surface area contributed by atoms with Crippen LogP contribution in [0.5, 0.6) is 0 Å². The van der Waals surface area contributed by atoms with Crippen molar-refractivity contribution >= 4 is 49.0 Å². The maximum atomic E-state index is 13.3. The van der Waals surface area contributed by atoms with E-state index in [1.165, 1.54) is 36.3 Å². The first kappa shape index (κ1) is 33.6. The number of aryl methyl sites for hydroxylation is 2. The van der Waals surface area contributed by atoms with Crippen molar-refractivity contribution in [1.82, 2.24) is 10.0 Å². The van der Waals surface area contributed by atoms with E-state index in [-0.39, 0.29) is 22.1 Å². The molecule has 2 amide bonds. The van der Waals surface area contributed by atoms with Gasteiger partial charge in [-0.15, -0.1) is 4.28 Å². The summed E-state index contributed by atoms with van der Waals surface area (Å²) in [6, 6.07) is 24.3. The molecule has 0 saturated carbocycles. The molecule has 11 nitrogen and oxygen atoms in total. The van der Waals surface area contributed by atoms with Gasteiger partial charge in [0, 0.05) is 17.8 Å². The number of hydrogen-bond acceptors (Lipinski definition) is 9. The van der Waals surface area contributed by atoms with Crippen LogP contribution in [0.25, 0.3) is 0 Å². The van der Waals surface area contributed by atoms with E-state index < -0.39 is 32.3 Å². The highest BCUT2D eigenvalue weighted by atomic mass is 32.2. The number of carbonyl (C=O) groups is 2. The molecule has 0 saturated heterocycles. The average Bonchev–Trinajstić information content (AvgIpc) is 3.33. The number of benzene rings is 4. The van der Waals surface area contributed by atoms with Crippen molar-refractivity contribution in [2.24, 2.45) is 0 Å².